The lowest BCUT2D eigenvalue weighted by atomic mass is 9.88. The minimum atomic E-state index is -0.838. The summed E-state index contributed by atoms with van der Waals surface area (Å²) in [5.41, 5.74) is -0.841. The van der Waals surface area contributed by atoms with Crippen LogP contribution in [0.3, 0.4) is 0 Å². The number of benzene rings is 1. The van der Waals surface area contributed by atoms with Crippen LogP contribution >= 0.6 is 22.6 Å². The highest BCUT2D eigenvalue weighted by molar-refractivity contribution is 14.1. The topological polar surface area (TPSA) is 88.4 Å². The standard InChI is InChI=1S/C19H25FINO5/c1-6-27-18(25)12(9-22-16(10-23)19(2,3)4)17(24)11-7-14(21)15(26-5)8-13(11)20/h7-9,16,23-24H,6,10H2,1-5H3/t16-/m1/s1. The Hall–Kier alpha value is -1.68. The average molecular weight is 493 g/mol. The number of aliphatic imine (C=N–C) groups is 1. The Balaban J connectivity index is 3.50. The van der Waals surface area contributed by atoms with Crippen molar-refractivity contribution in [1.29, 1.82) is 0 Å². The van der Waals surface area contributed by atoms with Gasteiger partial charge in [0.25, 0.3) is 0 Å². The Bertz CT molecular complexity index is 740. The number of esters is 1. The molecule has 0 heterocycles. The summed E-state index contributed by atoms with van der Waals surface area (Å²) in [5, 5.41) is 20.1. The van der Waals surface area contributed by atoms with E-state index in [2.05, 4.69) is 4.99 Å². The number of hydrogen-bond acceptors (Lipinski definition) is 6. The molecule has 8 heteroatoms. The summed E-state index contributed by atoms with van der Waals surface area (Å²) >= 11 is 1.93. The number of aliphatic hydroxyl groups is 2. The average Bonchev–Trinajstić information content (AvgIpc) is 2.58. The van der Waals surface area contributed by atoms with Gasteiger partial charge in [-0.05, 0) is 41.0 Å². The van der Waals surface area contributed by atoms with Gasteiger partial charge < -0.3 is 19.7 Å². The first-order valence-electron chi connectivity index (χ1n) is 8.34. The summed E-state index contributed by atoms with van der Waals surface area (Å²) in [5.74, 6) is -1.88. The van der Waals surface area contributed by atoms with Crippen LogP contribution in [0.15, 0.2) is 22.7 Å². The number of ether oxygens (including phenoxy) is 2. The van der Waals surface area contributed by atoms with E-state index in [9.17, 15) is 19.4 Å². The highest BCUT2D eigenvalue weighted by Crippen LogP contribution is 2.29. The van der Waals surface area contributed by atoms with Gasteiger partial charge in [0, 0.05) is 12.3 Å². The second-order valence-electron chi connectivity index (χ2n) is 6.79. The Morgan fingerprint density at radius 1 is 1.41 bits per heavy atom. The summed E-state index contributed by atoms with van der Waals surface area (Å²) in [6.45, 7) is 7.09. The summed E-state index contributed by atoms with van der Waals surface area (Å²) < 4.78 is 25.0. The molecule has 0 bridgehead atoms. The van der Waals surface area contributed by atoms with Gasteiger partial charge in [0.2, 0.25) is 0 Å². The second-order valence-corrected chi connectivity index (χ2v) is 7.95. The first kappa shape index (κ1) is 23.4. The molecule has 0 aromatic heterocycles. The van der Waals surface area contributed by atoms with Crippen LogP contribution < -0.4 is 4.74 Å². The van der Waals surface area contributed by atoms with Crippen LogP contribution in [0.2, 0.25) is 0 Å². The maximum atomic E-state index is 14.4. The number of rotatable bonds is 7. The molecular weight excluding hydrogens is 468 g/mol. The normalized spacial score (nSPS) is 14.1. The van der Waals surface area contributed by atoms with Gasteiger partial charge in [-0.15, -0.1) is 0 Å². The van der Waals surface area contributed by atoms with Crippen molar-refractivity contribution in [3.8, 4) is 5.75 Å². The molecule has 1 rings (SSSR count). The fraction of sp³-hybridized carbons (Fsp3) is 0.474. The number of hydrogen-bond donors (Lipinski definition) is 2. The lowest BCUT2D eigenvalue weighted by molar-refractivity contribution is -0.137. The first-order valence-corrected chi connectivity index (χ1v) is 9.42. The molecule has 27 heavy (non-hydrogen) atoms. The van der Waals surface area contributed by atoms with Gasteiger partial charge in [0.1, 0.15) is 22.9 Å². The lowest BCUT2D eigenvalue weighted by Crippen LogP contribution is -2.28. The van der Waals surface area contributed by atoms with Crippen LogP contribution in [0, 0.1) is 14.8 Å². The molecule has 0 aliphatic carbocycles. The molecule has 0 unspecified atom stereocenters. The molecule has 1 aromatic carbocycles. The highest BCUT2D eigenvalue weighted by Gasteiger charge is 2.25. The van der Waals surface area contributed by atoms with Crippen LogP contribution in [0.5, 0.6) is 5.75 Å². The van der Waals surface area contributed by atoms with Gasteiger partial charge in [-0.25, -0.2) is 9.18 Å². The fourth-order valence-electron chi connectivity index (χ4n) is 2.14. The van der Waals surface area contributed by atoms with Gasteiger partial charge in [0.05, 0.1) is 35.5 Å². The maximum absolute atomic E-state index is 14.4. The minimum Gasteiger partial charge on any atom is -0.506 e. The fourth-order valence-corrected chi connectivity index (χ4v) is 2.83. The first-order chi connectivity index (χ1) is 12.6. The summed E-state index contributed by atoms with van der Waals surface area (Å²) in [6, 6.07) is 1.97. The van der Waals surface area contributed by atoms with Gasteiger partial charge in [0.15, 0.2) is 0 Å². The van der Waals surface area contributed by atoms with Crippen LogP contribution in [0.1, 0.15) is 33.3 Å². The smallest absolute Gasteiger partial charge is 0.343 e. The third-order valence-corrected chi connectivity index (χ3v) is 4.65. The molecule has 0 saturated heterocycles. The molecule has 0 fully saturated rings. The van der Waals surface area contributed by atoms with Crippen molar-refractivity contribution in [2.45, 2.75) is 33.7 Å². The van der Waals surface area contributed by atoms with E-state index in [0.29, 0.717) is 9.32 Å². The maximum Gasteiger partial charge on any atom is 0.343 e. The van der Waals surface area contributed by atoms with Gasteiger partial charge >= 0.3 is 5.97 Å². The molecule has 2 N–H and O–H groups in total. The molecule has 0 aliphatic heterocycles. The molecule has 1 aromatic rings. The second kappa shape index (κ2) is 10.0. The van der Waals surface area contributed by atoms with Crippen LogP contribution in [-0.4, -0.2) is 48.8 Å². The summed E-state index contributed by atoms with van der Waals surface area (Å²) in [4.78, 5) is 16.5. The number of methoxy groups -OCH3 is 1. The van der Waals surface area contributed by atoms with Crippen molar-refractivity contribution in [3.63, 3.8) is 0 Å². The molecule has 0 saturated carbocycles. The molecule has 0 aliphatic rings. The molecule has 0 spiro atoms. The lowest BCUT2D eigenvalue weighted by Gasteiger charge is -2.25. The molecule has 6 nitrogen and oxygen atoms in total. The van der Waals surface area contributed by atoms with E-state index in [1.165, 1.54) is 13.2 Å². The number of nitrogens with zero attached hydrogens (tertiary/aromatic N) is 1. The van der Waals surface area contributed by atoms with Gasteiger partial charge in [-0.3, -0.25) is 4.99 Å². The van der Waals surface area contributed by atoms with Crippen molar-refractivity contribution in [2.75, 3.05) is 20.3 Å². The van der Waals surface area contributed by atoms with E-state index in [-0.39, 0.29) is 29.8 Å². The zero-order valence-corrected chi connectivity index (χ0v) is 18.2. The van der Waals surface area contributed by atoms with E-state index in [1.54, 1.807) is 6.92 Å². The zero-order valence-electron chi connectivity index (χ0n) is 16.0. The van der Waals surface area contributed by atoms with Crippen LogP contribution in [-0.2, 0) is 9.53 Å². The molecule has 0 amide bonds. The molecule has 1 atom stereocenters. The predicted molar refractivity (Wildman–Crippen MR) is 111 cm³/mol. The van der Waals surface area contributed by atoms with Crippen molar-refractivity contribution < 1.29 is 28.9 Å². The summed E-state index contributed by atoms with van der Waals surface area (Å²) in [7, 11) is 1.41. The van der Waals surface area contributed by atoms with Gasteiger partial charge in [-0.2, -0.15) is 0 Å². The van der Waals surface area contributed by atoms with Crippen molar-refractivity contribution in [3.05, 3.63) is 32.7 Å². The monoisotopic (exact) mass is 493 g/mol. The van der Waals surface area contributed by atoms with E-state index < -0.39 is 23.6 Å². The van der Waals surface area contributed by atoms with E-state index in [1.807, 2.05) is 43.4 Å². The highest BCUT2D eigenvalue weighted by atomic mass is 127. The number of halogens is 2. The molecule has 150 valence electrons. The zero-order chi connectivity index (χ0) is 20.8. The van der Waals surface area contributed by atoms with Crippen molar-refractivity contribution in [2.24, 2.45) is 10.4 Å². The minimum absolute atomic E-state index is 0.0782. The van der Waals surface area contributed by atoms with Crippen molar-refractivity contribution in [1.82, 2.24) is 0 Å². The Morgan fingerprint density at radius 3 is 2.52 bits per heavy atom. The van der Waals surface area contributed by atoms with Crippen LogP contribution in [0.25, 0.3) is 5.76 Å². The quantitative estimate of drug-likeness (QED) is 0.199. The van der Waals surface area contributed by atoms with E-state index >= 15 is 0 Å². The third kappa shape index (κ3) is 6.17. The Kier molecular flexibility index (Phi) is 8.67. The molecule has 0 radical (unpaired) electrons. The predicted octanol–water partition coefficient (Wildman–Crippen LogP) is 3.75. The number of carbonyl (C=O) groups is 1. The summed E-state index contributed by atoms with van der Waals surface area (Å²) in [6.07, 6.45) is 1.12. The van der Waals surface area contributed by atoms with Gasteiger partial charge in [-0.1, -0.05) is 20.8 Å². The van der Waals surface area contributed by atoms with E-state index in [4.69, 9.17) is 9.47 Å². The third-order valence-electron chi connectivity index (χ3n) is 3.80. The number of carbonyl (C=O) groups excluding carboxylic acids is 1. The van der Waals surface area contributed by atoms with Crippen LogP contribution in [0.4, 0.5) is 4.39 Å². The van der Waals surface area contributed by atoms with E-state index in [0.717, 1.165) is 12.3 Å². The Morgan fingerprint density at radius 2 is 2.04 bits per heavy atom. The largest absolute Gasteiger partial charge is 0.506 e. The Labute approximate surface area is 172 Å². The SMILES string of the molecule is CCOC(=O)C(C=N[C@H](CO)C(C)(C)C)=C(O)c1cc(I)c(OC)cc1F. The number of aliphatic hydroxyl groups excluding tert-OH is 2. The molecular formula is C19H25FINO5. The van der Waals surface area contributed by atoms with Crippen molar-refractivity contribution >= 4 is 40.5 Å².